The van der Waals surface area contributed by atoms with Crippen LogP contribution in [0.15, 0.2) is 24.3 Å². The highest BCUT2D eigenvalue weighted by molar-refractivity contribution is 5.77. The molecule has 1 aliphatic rings. The molecule has 0 amide bonds. The Bertz CT molecular complexity index is 407. The van der Waals surface area contributed by atoms with Crippen LogP contribution in [0.25, 0.3) is 0 Å². The van der Waals surface area contributed by atoms with Crippen LogP contribution < -0.4 is 4.90 Å². The molecule has 0 N–H and O–H groups in total. The fourth-order valence-corrected chi connectivity index (χ4v) is 2.53. The number of ether oxygens (including phenoxy) is 1. The molecule has 3 nitrogen and oxygen atoms in total. The van der Waals surface area contributed by atoms with E-state index >= 15 is 0 Å². The lowest BCUT2D eigenvalue weighted by atomic mass is 10.0. The van der Waals surface area contributed by atoms with Crippen molar-refractivity contribution in [2.45, 2.75) is 39.0 Å². The van der Waals surface area contributed by atoms with Gasteiger partial charge in [-0.15, -0.1) is 0 Å². The van der Waals surface area contributed by atoms with Gasteiger partial charge in [-0.3, -0.25) is 4.79 Å². The minimum Gasteiger partial charge on any atom is -0.466 e. The summed E-state index contributed by atoms with van der Waals surface area (Å²) >= 11 is 0. The Morgan fingerprint density at radius 1 is 1.21 bits per heavy atom. The molecule has 0 bridgehead atoms. The molecular formula is C16H23NO2. The zero-order valence-electron chi connectivity index (χ0n) is 11.9. The number of rotatable bonds is 4. The first kappa shape index (κ1) is 13.9. The molecule has 0 radical (unpaired) electrons. The second-order valence-corrected chi connectivity index (χ2v) is 5.11. The first-order chi connectivity index (χ1) is 9.22. The van der Waals surface area contributed by atoms with E-state index in [1.165, 1.54) is 24.9 Å². The molecule has 0 aliphatic carbocycles. The van der Waals surface area contributed by atoms with Gasteiger partial charge in [0, 0.05) is 18.8 Å². The lowest BCUT2D eigenvalue weighted by Gasteiger charge is -2.29. The van der Waals surface area contributed by atoms with Crippen molar-refractivity contribution in [3.8, 4) is 0 Å². The predicted octanol–water partition coefficient (Wildman–Crippen LogP) is 3.34. The summed E-state index contributed by atoms with van der Waals surface area (Å²) in [5, 5.41) is 0. The Hall–Kier alpha value is -1.51. The van der Waals surface area contributed by atoms with Crippen LogP contribution in [0, 0.1) is 0 Å². The number of esters is 1. The lowest BCUT2D eigenvalue weighted by molar-refractivity contribution is -0.144. The minimum absolute atomic E-state index is 0.145. The van der Waals surface area contributed by atoms with Gasteiger partial charge in [0.05, 0.1) is 12.5 Å². The lowest BCUT2D eigenvalue weighted by Crippen LogP contribution is -2.29. The summed E-state index contributed by atoms with van der Waals surface area (Å²) in [5.74, 6) is -0.330. The number of hydrogen-bond acceptors (Lipinski definition) is 3. The van der Waals surface area contributed by atoms with Gasteiger partial charge >= 0.3 is 5.97 Å². The maximum absolute atomic E-state index is 11.7. The van der Waals surface area contributed by atoms with Crippen molar-refractivity contribution in [3.05, 3.63) is 29.8 Å². The maximum Gasteiger partial charge on any atom is 0.313 e. The number of carbonyl (C=O) groups excluding carboxylic acids is 1. The smallest absolute Gasteiger partial charge is 0.313 e. The minimum atomic E-state index is -0.185. The van der Waals surface area contributed by atoms with E-state index in [0.717, 1.165) is 18.7 Å². The van der Waals surface area contributed by atoms with Crippen molar-refractivity contribution in [1.82, 2.24) is 0 Å². The first-order valence-electron chi connectivity index (χ1n) is 7.24. The van der Waals surface area contributed by atoms with Crippen LogP contribution in [-0.4, -0.2) is 25.7 Å². The summed E-state index contributed by atoms with van der Waals surface area (Å²) in [5.41, 5.74) is 2.29. The third kappa shape index (κ3) is 3.49. The average molecular weight is 261 g/mol. The van der Waals surface area contributed by atoms with Crippen LogP contribution in [0.4, 0.5) is 5.69 Å². The van der Waals surface area contributed by atoms with Crippen LogP contribution in [0.1, 0.15) is 44.6 Å². The van der Waals surface area contributed by atoms with Gasteiger partial charge < -0.3 is 9.64 Å². The molecule has 19 heavy (non-hydrogen) atoms. The Morgan fingerprint density at radius 2 is 1.84 bits per heavy atom. The number of carbonyl (C=O) groups is 1. The number of benzene rings is 1. The van der Waals surface area contributed by atoms with Crippen LogP contribution in [0.3, 0.4) is 0 Å². The largest absolute Gasteiger partial charge is 0.466 e. The van der Waals surface area contributed by atoms with Gasteiger partial charge in [0.15, 0.2) is 0 Å². The van der Waals surface area contributed by atoms with Gasteiger partial charge in [0.25, 0.3) is 0 Å². The molecule has 0 saturated carbocycles. The molecule has 104 valence electrons. The number of anilines is 1. The van der Waals surface area contributed by atoms with E-state index in [4.69, 9.17) is 4.74 Å². The fourth-order valence-electron chi connectivity index (χ4n) is 2.53. The quantitative estimate of drug-likeness (QED) is 0.778. The summed E-state index contributed by atoms with van der Waals surface area (Å²) in [6.07, 6.45) is 3.90. The molecule has 1 saturated heterocycles. The summed E-state index contributed by atoms with van der Waals surface area (Å²) in [6, 6.07) is 8.34. The molecule has 0 spiro atoms. The molecular weight excluding hydrogens is 238 g/mol. The molecule has 1 heterocycles. The Morgan fingerprint density at radius 3 is 2.42 bits per heavy atom. The van der Waals surface area contributed by atoms with Crippen molar-refractivity contribution < 1.29 is 9.53 Å². The van der Waals surface area contributed by atoms with E-state index in [1.54, 1.807) is 0 Å². The van der Waals surface area contributed by atoms with Gasteiger partial charge in [-0.25, -0.2) is 0 Å². The maximum atomic E-state index is 11.7. The molecule has 0 unspecified atom stereocenters. The normalized spacial score (nSPS) is 17.1. The third-order valence-corrected chi connectivity index (χ3v) is 3.75. The Balaban J connectivity index is 2.03. The SMILES string of the molecule is CCOC(=O)[C@@H](C)c1ccc(N2CCCCC2)cc1. The molecule has 1 aromatic rings. The van der Waals surface area contributed by atoms with E-state index in [0.29, 0.717) is 6.61 Å². The van der Waals surface area contributed by atoms with Gasteiger partial charge in [0.2, 0.25) is 0 Å². The molecule has 3 heteroatoms. The first-order valence-corrected chi connectivity index (χ1v) is 7.24. The van der Waals surface area contributed by atoms with Gasteiger partial charge in [-0.05, 0) is 50.8 Å². The summed E-state index contributed by atoms with van der Waals surface area (Å²) in [4.78, 5) is 14.1. The average Bonchev–Trinajstić information content (AvgIpc) is 2.48. The second kappa shape index (κ2) is 6.60. The molecule has 2 rings (SSSR count). The second-order valence-electron chi connectivity index (χ2n) is 5.11. The third-order valence-electron chi connectivity index (χ3n) is 3.75. The van der Waals surface area contributed by atoms with Gasteiger partial charge in [-0.2, -0.15) is 0 Å². The summed E-state index contributed by atoms with van der Waals surface area (Å²) < 4.78 is 5.06. The molecule has 1 aromatic carbocycles. The Labute approximate surface area is 115 Å². The number of piperidine rings is 1. The summed E-state index contributed by atoms with van der Waals surface area (Å²) in [7, 11) is 0. The van der Waals surface area contributed by atoms with Crippen LogP contribution in [-0.2, 0) is 9.53 Å². The molecule has 1 fully saturated rings. The number of nitrogens with zero attached hydrogens (tertiary/aromatic N) is 1. The highest BCUT2D eigenvalue weighted by Gasteiger charge is 2.17. The van der Waals surface area contributed by atoms with Crippen molar-refractivity contribution in [2.75, 3.05) is 24.6 Å². The van der Waals surface area contributed by atoms with Gasteiger partial charge in [0.1, 0.15) is 0 Å². The van der Waals surface area contributed by atoms with Crippen molar-refractivity contribution in [3.63, 3.8) is 0 Å². The van der Waals surface area contributed by atoms with E-state index in [2.05, 4.69) is 17.0 Å². The van der Waals surface area contributed by atoms with Gasteiger partial charge in [-0.1, -0.05) is 12.1 Å². The van der Waals surface area contributed by atoms with Crippen molar-refractivity contribution >= 4 is 11.7 Å². The zero-order valence-corrected chi connectivity index (χ0v) is 11.9. The summed E-state index contributed by atoms with van der Waals surface area (Å²) in [6.45, 7) is 6.46. The zero-order chi connectivity index (χ0) is 13.7. The predicted molar refractivity (Wildman–Crippen MR) is 77.6 cm³/mol. The standard InChI is InChI=1S/C16H23NO2/c1-3-19-16(18)13(2)14-7-9-15(10-8-14)17-11-5-4-6-12-17/h7-10,13H,3-6,11-12H2,1-2H3/t13-/m0/s1. The highest BCUT2D eigenvalue weighted by Crippen LogP contribution is 2.23. The van der Waals surface area contributed by atoms with Crippen molar-refractivity contribution in [2.24, 2.45) is 0 Å². The van der Waals surface area contributed by atoms with Crippen molar-refractivity contribution in [1.29, 1.82) is 0 Å². The monoisotopic (exact) mass is 261 g/mol. The van der Waals surface area contributed by atoms with Crippen LogP contribution in [0.5, 0.6) is 0 Å². The Kier molecular flexibility index (Phi) is 4.83. The fraction of sp³-hybridized carbons (Fsp3) is 0.562. The molecule has 1 atom stereocenters. The van der Waals surface area contributed by atoms with E-state index in [-0.39, 0.29) is 11.9 Å². The number of hydrogen-bond donors (Lipinski definition) is 0. The topological polar surface area (TPSA) is 29.5 Å². The molecule has 1 aliphatic heterocycles. The highest BCUT2D eigenvalue weighted by atomic mass is 16.5. The van der Waals surface area contributed by atoms with E-state index in [1.807, 2.05) is 26.0 Å². The van der Waals surface area contributed by atoms with E-state index in [9.17, 15) is 4.79 Å². The van der Waals surface area contributed by atoms with E-state index < -0.39 is 0 Å². The van der Waals surface area contributed by atoms with Crippen LogP contribution in [0.2, 0.25) is 0 Å². The molecule has 0 aromatic heterocycles. The van der Waals surface area contributed by atoms with Crippen LogP contribution >= 0.6 is 0 Å².